The SMILES string of the molecule is CSc1ccc(Br)c(C)c1C#N. The third kappa shape index (κ3) is 1.65. The molecule has 1 aromatic rings. The molecule has 0 spiro atoms. The van der Waals surface area contributed by atoms with Crippen molar-refractivity contribution in [1.82, 2.24) is 0 Å². The van der Waals surface area contributed by atoms with Crippen LogP contribution in [-0.4, -0.2) is 6.26 Å². The quantitative estimate of drug-likeness (QED) is 0.705. The Morgan fingerprint density at radius 2 is 2.17 bits per heavy atom. The fourth-order valence-electron chi connectivity index (χ4n) is 0.970. The highest BCUT2D eigenvalue weighted by Gasteiger charge is 2.06. The van der Waals surface area contributed by atoms with Gasteiger partial charge in [-0.1, -0.05) is 15.9 Å². The zero-order chi connectivity index (χ0) is 9.14. The van der Waals surface area contributed by atoms with Gasteiger partial charge in [0.05, 0.1) is 5.56 Å². The van der Waals surface area contributed by atoms with Crippen LogP contribution in [0.25, 0.3) is 0 Å². The van der Waals surface area contributed by atoms with Crippen LogP contribution in [0.1, 0.15) is 11.1 Å². The van der Waals surface area contributed by atoms with Gasteiger partial charge in [-0.3, -0.25) is 0 Å². The molecule has 3 heteroatoms. The third-order valence-electron chi connectivity index (χ3n) is 1.69. The van der Waals surface area contributed by atoms with E-state index in [2.05, 4.69) is 22.0 Å². The van der Waals surface area contributed by atoms with Gasteiger partial charge in [0, 0.05) is 9.37 Å². The van der Waals surface area contributed by atoms with Crippen molar-refractivity contribution in [2.45, 2.75) is 11.8 Å². The number of hydrogen-bond acceptors (Lipinski definition) is 2. The summed E-state index contributed by atoms with van der Waals surface area (Å²) in [6.07, 6.45) is 1.98. The van der Waals surface area contributed by atoms with Gasteiger partial charge in [-0.2, -0.15) is 5.26 Å². The van der Waals surface area contributed by atoms with E-state index in [9.17, 15) is 0 Å². The lowest BCUT2D eigenvalue weighted by Gasteiger charge is -2.04. The van der Waals surface area contributed by atoms with Crippen LogP contribution in [0.2, 0.25) is 0 Å². The van der Waals surface area contributed by atoms with Gasteiger partial charge in [0.1, 0.15) is 6.07 Å². The van der Waals surface area contributed by atoms with E-state index < -0.39 is 0 Å². The van der Waals surface area contributed by atoms with Crippen molar-refractivity contribution in [2.24, 2.45) is 0 Å². The molecule has 0 N–H and O–H groups in total. The van der Waals surface area contributed by atoms with Gasteiger partial charge in [-0.25, -0.2) is 0 Å². The number of nitrogens with zero attached hydrogens (tertiary/aromatic N) is 1. The van der Waals surface area contributed by atoms with Gasteiger partial charge in [-0.05, 0) is 30.9 Å². The highest BCUT2D eigenvalue weighted by Crippen LogP contribution is 2.27. The predicted molar refractivity (Wildman–Crippen MR) is 55.4 cm³/mol. The summed E-state index contributed by atoms with van der Waals surface area (Å²) in [5, 5.41) is 8.87. The summed E-state index contributed by atoms with van der Waals surface area (Å²) in [7, 11) is 0. The van der Waals surface area contributed by atoms with E-state index in [-0.39, 0.29) is 0 Å². The van der Waals surface area contributed by atoms with Gasteiger partial charge in [-0.15, -0.1) is 11.8 Å². The summed E-state index contributed by atoms with van der Waals surface area (Å²) < 4.78 is 0.997. The molecule has 12 heavy (non-hydrogen) atoms. The zero-order valence-corrected chi connectivity index (χ0v) is 9.29. The number of benzene rings is 1. The van der Waals surface area contributed by atoms with Gasteiger partial charge in [0.25, 0.3) is 0 Å². The molecule has 0 aromatic heterocycles. The van der Waals surface area contributed by atoms with E-state index in [1.807, 2.05) is 25.3 Å². The Bertz CT molecular complexity index is 341. The van der Waals surface area contributed by atoms with Crippen LogP contribution in [-0.2, 0) is 0 Å². The first kappa shape index (κ1) is 9.63. The molecule has 0 fully saturated rings. The van der Waals surface area contributed by atoms with Crippen molar-refractivity contribution in [3.05, 3.63) is 27.7 Å². The third-order valence-corrected chi connectivity index (χ3v) is 3.33. The molecule has 0 atom stereocenters. The standard InChI is InChI=1S/C9H8BrNS/c1-6-7(5-11)9(12-2)4-3-8(6)10/h3-4H,1-2H3. The second-order valence-electron chi connectivity index (χ2n) is 2.36. The van der Waals surface area contributed by atoms with Gasteiger partial charge in [0.2, 0.25) is 0 Å². The summed E-state index contributed by atoms with van der Waals surface area (Å²) >= 11 is 4.99. The molecule has 0 radical (unpaired) electrons. The van der Waals surface area contributed by atoms with Crippen molar-refractivity contribution in [3.8, 4) is 6.07 Å². The Hall–Kier alpha value is -0.460. The van der Waals surface area contributed by atoms with Gasteiger partial charge < -0.3 is 0 Å². The molecule has 62 valence electrons. The fourth-order valence-corrected chi connectivity index (χ4v) is 1.91. The zero-order valence-electron chi connectivity index (χ0n) is 6.89. The minimum absolute atomic E-state index is 0.775. The molecule has 0 aliphatic rings. The minimum atomic E-state index is 0.775. The molecule has 0 saturated carbocycles. The predicted octanol–water partition coefficient (Wildman–Crippen LogP) is 3.35. The van der Waals surface area contributed by atoms with Gasteiger partial charge >= 0.3 is 0 Å². The second-order valence-corrected chi connectivity index (χ2v) is 4.06. The molecule has 0 heterocycles. The van der Waals surface area contributed by atoms with E-state index in [1.165, 1.54) is 0 Å². The molecule has 0 unspecified atom stereocenters. The maximum absolute atomic E-state index is 8.87. The maximum atomic E-state index is 8.87. The summed E-state index contributed by atoms with van der Waals surface area (Å²) in [6, 6.07) is 6.14. The first-order valence-electron chi connectivity index (χ1n) is 3.44. The van der Waals surface area contributed by atoms with E-state index in [1.54, 1.807) is 11.8 Å². The number of hydrogen-bond donors (Lipinski definition) is 0. The van der Waals surface area contributed by atoms with E-state index in [0.717, 1.165) is 20.5 Å². The molecular formula is C9H8BrNS. The molecule has 1 nitrogen and oxygen atoms in total. The van der Waals surface area contributed by atoms with Crippen LogP contribution in [0.15, 0.2) is 21.5 Å². The Morgan fingerprint density at radius 1 is 1.50 bits per heavy atom. The van der Waals surface area contributed by atoms with Crippen LogP contribution in [0.4, 0.5) is 0 Å². The molecule has 0 saturated heterocycles. The van der Waals surface area contributed by atoms with Crippen molar-refractivity contribution in [1.29, 1.82) is 5.26 Å². The molecule has 1 rings (SSSR count). The molecule has 1 aromatic carbocycles. The van der Waals surface area contributed by atoms with Crippen LogP contribution in [0.5, 0.6) is 0 Å². The van der Waals surface area contributed by atoms with Crippen molar-refractivity contribution in [2.75, 3.05) is 6.26 Å². The van der Waals surface area contributed by atoms with Gasteiger partial charge in [0.15, 0.2) is 0 Å². The van der Waals surface area contributed by atoms with Crippen molar-refractivity contribution in [3.63, 3.8) is 0 Å². The Balaban J connectivity index is 3.38. The number of nitriles is 1. The Morgan fingerprint density at radius 3 is 2.67 bits per heavy atom. The molecule has 0 aliphatic carbocycles. The first-order chi connectivity index (χ1) is 5.70. The number of thioether (sulfide) groups is 1. The summed E-state index contributed by atoms with van der Waals surface area (Å²) in [6.45, 7) is 1.95. The minimum Gasteiger partial charge on any atom is -0.192 e. The number of halogens is 1. The smallest absolute Gasteiger partial charge is 0.101 e. The lowest BCUT2D eigenvalue weighted by atomic mass is 10.1. The van der Waals surface area contributed by atoms with E-state index in [0.29, 0.717) is 0 Å². The molecule has 0 aliphatic heterocycles. The highest BCUT2D eigenvalue weighted by molar-refractivity contribution is 9.10. The topological polar surface area (TPSA) is 23.8 Å². The van der Waals surface area contributed by atoms with Crippen LogP contribution in [0, 0.1) is 18.3 Å². The van der Waals surface area contributed by atoms with Crippen molar-refractivity contribution >= 4 is 27.7 Å². The van der Waals surface area contributed by atoms with Crippen LogP contribution in [0.3, 0.4) is 0 Å². The fraction of sp³-hybridized carbons (Fsp3) is 0.222. The van der Waals surface area contributed by atoms with Crippen LogP contribution >= 0.6 is 27.7 Å². The monoisotopic (exact) mass is 241 g/mol. The molecule has 0 amide bonds. The summed E-state index contributed by atoms with van der Waals surface area (Å²) in [5.74, 6) is 0. The van der Waals surface area contributed by atoms with E-state index >= 15 is 0 Å². The normalized spacial score (nSPS) is 9.50. The molecular weight excluding hydrogens is 234 g/mol. The summed E-state index contributed by atoms with van der Waals surface area (Å²) in [4.78, 5) is 1.04. The number of rotatable bonds is 1. The second kappa shape index (κ2) is 3.97. The Labute approximate surface area is 84.9 Å². The summed E-state index contributed by atoms with van der Waals surface area (Å²) in [5.41, 5.74) is 1.79. The highest BCUT2D eigenvalue weighted by atomic mass is 79.9. The van der Waals surface area contributed by atoms with Crippen molar-refractivity contribution < 1.29 is 0 Å². The lowest BCUT2D eigenvalue weighted by molar-refractivity contribution is 1.27. The lowest BCUT2D eigenvalue weighted by Crippen LogP contribution is -1.86. The van der Waals surface area contributed by atoms with E-state index in [4.69, 9.17) is 5.26 Å². The first-order valence-corrected chi connectivity index (χ1v) is 5.45. The maximum Gasteiger partial charge on any atom is 0.101 e. The van der Waals surface area contributed by atoms with Crippen LogP contribution < -0.4 is 0 Å². The average molecular weight is 242 g/mol. The Kier molecular flexibility index (Phi) is 3.19. The molecule has 0 bridgehead atoms. The average Bonchev–Trinajstić information content (AvgIpc) is 2.09. The largest absolute Gasteiger partial charge is 0.192 e.